The first-order valence-corrected chi connectivity index (χ1v) is 11.5. The number of hydrogen-bond acceptors (Lipinski definition) is 1. The van der Waals surface area contributed by atoms with Gasteiger partial charge in [0.15, 0.2) is 0 Å². The summed E-state index contributed by atoms with van der Waals surface area (Å²) in [6.45, 7) is 13.0. The lowest BCUT2D eigenvalue weighted by molar-refractivity contribution is 0.0716. The zero-order chi connectivity index (χ0) is 20.5. The second-order valence-corrected chi connectivity index (χ2v) is 9.61. The summed E-state index contributed by atoms with van der Waals surface area (Å²) in [4.78, 5) is 3.53. The Kier molecular flexibility index (Phi) is 5.92. The number of aryl methyl sites for hydroxylation is 1. The van der Waals surface area contributed by atoms with Crippen molar-refractivity contribution in [2.45, 2.75) is 46.0 Å². The third-order valence-corrected chi connectivity index (χ3v) is 7.92. The number of hydrogen-bond donors (Lipinski definition) is 0. The molecule has 2 fully saturated rings. The number of piperidine rings is 1. The van der Waals surface area contributed by atoms with Gasteiger partial charge in [-0.3, -0.25) is 0 Å². The molecule has 29 heavy (non-hydrogen) atoms. The summed E-state index contributed by atoms with van der Waals surface area (Å²) in [5.41, 5.74) is 6.44. The molecule has 0 spiro atoms. The van der Waals surface area contributed by atoms with Crippen LogP contribution in [0.1, 0.15) is 61.3 Å². The van der Waals surface area contributed by atoms with Crippen molar-refractivity contribution in [2.24, 2.45) is 17.8 Å². The second kappa shape index (κ2) is 8.44. The molecule has 1 nitrogen and oxygen atoms in total. The summed E-state index contributed by atoms with van der Waals surface area (Å²) >= 11 is 5.90. The first kappa shape index (κ1) is 20.3. The van der Waals surface area contributed by atoms with Crippen LogP contribution in [0.25, 0.3) is 5.57 Å². The van der Waals surface area contributed by atoms with Crippen molar-refractivity contribution >= 4 is 22.8 Å². The van der Waals surface area contributed by atoms with Crippen LogP contribution >= 0.6 is 12.2 Å². The Labute approximate surface area is 181 Å². The van der Waals surface area contributed by atoms with Crippen molar-refractivity contribution in [3.05, 3.63) is 77.4 Å². The molecular weight excluding hydrogens is 370 g/mol. The summed E-state index contributed by atoms with van der Waals surface area (Å²) < 4.78 is 0. The molecule has 0 radical (unpaired) electrons. The van der Waals surface area contributed by atoms with Crippen molar-refractivity contribution in [1.82, 2.24) is 4.90 Å². The lowest BCUT2D eigenvalue weighted by atomic mass is 9.63. The van der Waals surface area contributed by atoms with E-state index in [1.807, 2.05) is 0 Å². The molecule has 1 saturated heterocycles. The van der Waals surface area contributed by atoms with E-state index in [1.165, 1.54) is 41.5 Å². The summed E-state index contributed by atoms with van der Waals surface area (Å²) in [7, 11) is 0. The van der Waals surface area contributed by atoms with Gasteiger partial charge in [-0.15, -0.1) is 0 Å². The molecule has 1 aliphatic heterocycles. The van der Waals surface area contributed by atoms with E-state index in [1.54, 1.807) is 0 Å². The van der Waals surface area contributed by atoms with Gasteiger partial charge in [-0.25, -0.2) is 0 Å². The van der Waals surface area contributed by atoms with Crippen molar-refractivity contribution in [3.63, 3.8) is 0 Å². The third-order valence-electron chi connectivity index (χ3n) is 7.45. The van der Waals surface area contributed by atoms with E-state index in [2.05, 4.69) is 80.8 Å². The molecule has 2 aliphatic rings. The van der Waals surface area contributed by atoms with Crippen molar-refractivity contribution in [2.75, 3.05) is 13.1 Å². The van der Waals surface area contributed by atoms with Crippen LogP contribution in [0.3, 0.4) is 0 Å². The van der Waals surface area contributed by atoms with Gasteiger partial charge in [0.05, 0.1) is 0 Å². The number of benzene rings is 2. The molecule has 2 aromatic carbocycles. The van der Waals surface area contributed by atoms with E-state index >= 15 is 0 Å². The Morgan fingerprint density at radius 1 is 1.03 bits per heavy atom. The zero-order valence-corrected chi connectivity index (χ0v) is 18.8. The minimum atomic E-state index is 0.685. The average Bonchev–Trinajstić information content (AvgIpc) is 2.74. The highest BCUT2D eigenvalue weighted by molar-refractivity contribution is 7.80. The van der Waals surface area contributed by atoms with Crippen LogP contribution in [-0.2, 0) is 0 Å². The van der Waals surface area contributed by atoms with E-state index in [9.17, 15) is 0 Å². The number of allylic oxidation sites excluding steroid dienone is 1. The molecular formula is C27H33NS. The fraction of sp³-hybridized carbons (Fsp3) is 0.444. The smallest absolute Gasteiger partial charge is 0.109 e. The third kappa shape index (κ3) is 4.05. The Hall–Kier alpha value is -1.93. The molecule has 1 saturated carbocycles. The maximum Gasteiger partial charge on any atom is 0.109 e. The predicted molar refractivity (Wildman–Crippen MR) is 128 cm³/mol. The number of rotatable bonds is 3. The SMILES string of the molecule is C=C(C)c1ccc(C2CCC3CN(C(=S)c4ccccc4C)CCC3C2C)cc1. The number of fused-ring (bicyclic) bond motifs is 1. The molecule has 0 bridgehead atoms. The molecule has 0 N–H and O–H groups in total. The predicted octanol–water partition coefficient (Wildman–Crippen LogP) is 6.86. The Morgan fingerprint density at radius 2 is 1.76 bits per heavy atom. The van der Waals surface area contributed by atoms with Gasteiger partial charge in [0, 0.05) is 18.7 Å². The van der Waals surface area contributed by atoms with Crippen LogP contribution in [0.5, 0.6) is 0 Å². The lowest BCUT2D eigenvalue weighted by Crippen LogP contribution is -2.47. The quantitative estimate of drug-likeness (QED) is 0.515. The van der Waals surface area contributed by atoms with Crippen LogP contribution in [0.4, 0.5) is 0 Å². The first-order valence-electron chi connectivity index (χ1n) is 11.1. The van der Waals surface area contributed by atoms with E-state index < -0.39 is 0 Å². The molecule has 4 atom stereocenters. The Bertz CT molecular complexity index is 897. The van der Waals surface area contributed by atoms with Crippen LogP contribution in [-0.4, -0.2) is 23.0 Å². The van der Waals surface area contributed by atoms with Crippen molar-refractivity contribution < 1.29 is 0 Å². The number of nitrogens with zero attached hydrogens (tertiary/aromatic N) is 1. The molecule has 1 heterocycles. The van der Waals surface area contributed by atoms with Crippen LogP contribution < -0.4 is 0 Å². The highest BCUT2D eigenvalue weighted by Crippen LogP contribution is 2.47. The molecule has 4 rings (SSSR count). The van der Waals surface area contributed by atoms with E-state index in [0.29, 0.717) is 5.92 Å². The van der Waals surface area contributed by atoms with Crippen LogP contribution in [0, 0.1) is 24.7 Å². The topological polar surface area (TPSA) is 3.24 Å². The molecule has 152 valence electrons. The molecule has 4 unspecified atom stereocenters. The number of likely N-dealkylation sites (tertiary alicyclic amines) is 1. The molecule has 2 aromatic rings. The highest BCUT2D eigenvalue weighted by Gasteiger charge is 2.40. The van der Waals surface area contributed by atoms with Crippen LogP contribution in [0.15, 0.2) is 55.1 Å². The standard InChI is InChI=1S/C27H33NS/c1-18(2)21-9-11-22(12-10-21)25-14-13-23-17-28(16-15-26(23)20(25)4)27(29)24-8-6-5-7-19(24)3/h5-12,20,23,25-26H,1,13-17H2,2-4H3. The fourth-order valence-corrected chi connectivity index (χ4v) is 6.05. The van der Waals surface area contributed by atoms with Gasteiger partial charge in [-0.2, -0.15) is 0 Å². The van der Waals surface area contributed by atoms with Crippen LogP contribution in [0.2, 0.25) is 0 Å². The summed E-state index contributed by atoms with van der Waals surface area (Å²) in [6.07, 6.45) is 3.87. The summed E-state index contributed by atoms with van der Waals surface area (Å²) in [6, 6.07) is 17.7. The molecule has 2 heteroatoms. The summed E-state index contributed by atoms with van der Waals surface area (Å²) in [5.74, 6) is 3.00. The maximum absolute atomic E-state index is 5.90. The largest absolute Gasteiger partial charge is 0.362 e. The van der Waals surface area contributed by atoms with Crippen molar-refractivity contribution in [1.29, 1.82) is 0 Å². The van der Waals surface area contributed by atoms with Crippen molar-refractivity contribution in [3.8, 4) is 0 Å². The van der Waals surface area contributed by atoms with E-state index in [4.69, 9.17) is 12.2 Å². The minimum Gasteiger partial charge on any atom is -0.362 e. The second-order valence-electron chi connectivity index (χ2n) is 9.22. The first-order chi connectivity index (χ1) is 14.0. The van der Waals surface area contributed by atoms with Gasteiger partial charge in [0.1, 0.15) is 4.99 Å². The Morgan fingerprint density at radius 3 is 2.45 bits per heavy atom. The Balaban J connectivity index is 1.45. The molecule has 0 amide bonds. The van der Waals surface area contributed by atoms with Gasteiger partial charge < -0.3 is 4.90 Å². The van der Waals surface area contributed by atoms with Gasteiger partial charge in [0.25, 0.3) is 0 Å². The fourth-order valence-electron chi connectivity index (χ4n) is 5.66. The molecule has 0 aromatic heterocycles. The lowest BCUT2D eigenvalue weighted by Gasteiger charge is -2.48. The highest BCUT2D eigenvalue weighted by atomic mass is 32.1. The van der Waals surface area contributed by atoms with Gasteiger partial charge in [-0.1, -0.05) is 79.8 Å². The molecule has 1 aliphatic carbocycles. The monoisotopic (exact) mass is 403 g/mol. The number of thiocarbonyl (C=S) groups is 1. The minimum absolute atomic E-state index is 0.685. The van der Waals surface area contributed by atoms with Gasteiger partial charge >= 0.3 is 0 Å². The van der Waals surface area contributed by atoms with E-state index in [0.717, 1.165) is 41.4 Å². The van der Waals surface area contributed by atoms with Gasteiger partial charge in [0.2, 0.25) is 0 Å². The maximum atomic E-state index is 5.90. The van der Waals surface area contributed by atoms with Gasteiger partial charge in [-0.05, 0) is 73.5 Å². The van der Waals surface area contributed by atoms with E-state index in [-0.39, 0.29) is 0 Å². The zero-order valence-electron chi connectivity index (χ0n) is 18.0. The average molecular weight is 404 g/mol. The summed E-state index contributed by atoms with van der Waals surface area (Å²) in [5, 5.41) is 0. The normalized spacial score (nSPS) is 26.7.